The third-order valence-electron chi connectivity index (χ3n) is 3.13. The van der Waals surface area contributed by atoms with Gasteiger partial charge in [0, 0.05) is 19.1 Å². The quantitative estimate of drug-likeness (QED) is 0.749. The molecule has 2 N–H and O–H groups in total. The van der Waals surface area contributed by atoms with Crippen molar-refractivity contribution < 1.29 is 4.79 Å². The van der Waals surface area contributed by atoms with Crippen LogP contribution in [0.25, 0.3) is 0 Å². The van der Waals surface area contributed by atoms with Crippen molar-refractivity contribution in [2.75, 3.05) is 24.6 Å². The second-order valence-corrected chi connectivity index (χ2v) is 5.76. The third-order valence-corrected chi connectivity index (χ3v) is 4.28. The van der Waals surface area contributed by atoms with E-state index in [0.29, 0.717) is 17.6 Å². The second-order valence-electron chi connectivity index (χ2n) is 4.65. The topological polar surface area (TPSA) is 46.3 Å². The molecule has 1 rings (SSSR count). The van der Waals surface area contributed by atoms with Crippen LogP contribution in [-0.4, -0.2) is 41.4 Å². The SMILES string of the molecule is CCCSCC(=O)N1CCCC(C(C)N)C1. The molecule has 0 aliphatic carbocycles. The lowest BCUT2D eigenvalue weighted by atomic mass is 9.92. The van der Waals surface area contributed by atoms with Crippen LogP contribution in [0.1, 0.15) is 33.1 Å². The van der Waals surface area contributed by atoms with E-state index in [2.05, 4.69) is 6.92 Å². The Morgan fingerprint density at radius 3 is 3.00 bits per heavy atom. The van der Waals surface area contributed by atoms with Gasteiger partial charge in [-0.15, -0.1) is 0 Å². The molecule has 0 aromatic heterocycles. The van der Waals surface area contributed by atoms with Crippen LogP contribution < -0.4 is 5.73 Å². The Hall–Kier alpha value is -0.220. The fourth-order valence-electron chi connectivity index (χ4n) is 2.06. The standard InChI is InChI=1S/C12H24N2OS/c1-3-7-16-9-12(15)14-6-4-5-11(8-14)10(2)13/h10-11H,3-9,13H2,1-2H3. The highest BCUT2D eigenvalue weighted by Crippen LogP contribution is 2.19. The van der Waals surface area contributed by atoms with Crippen LogP contribution in [0, 0.1) is 5.92 Å². The van der Waals surface area contributed by atoms with Gasteiger partial charge >= 0.3 is 0 Å². The van der Waals surface area contributed by atoms with Crippen molar-refractivity contribution in [3.63, 3.8) is 0 Å². The first-order chi connectivity index (χ1) is 7.65. The zero-order chi connectivity index (χ0) is 12.0. The summed E-state index contributed by atoms with van der Waals surface area (Å²) in [5.41, 5.74) is 5.91. The van der Waals surface area contributed by atoms with E-state index in [4.69, 9.17) is 5.73 Å². The van der Waals surface area contributed by atoms with Gasteiger partial charge in [0.15, 0.2) is 0 Å². The Morgan fingerprint density at radius 1 is 1.62 bits per heavy atom. The highest BCUT2D eigenvalue weighted by Gasteiger charge is 2.25. The van der Waals surface area contributed by atoms with Gasteiger partial charge in [-0.1, -0.05) is 6.92 Å². The molecule has 1 aliphatic heterocycles. The van der Waals surface area contributed by atoms with Crippen LogP contribution in [0.2, 0.25) is 0 Å². The molecule has 2 unspecified atom stereocenters. The maximum Gasteiger partial charge on any atom is 0.232 e. The Morgan fingerprint density at radius 2 is 2.38 bits per heavy atom. The van der Waals surface area contributed by atoms with E-state index in [9.17, 15) is 4.79 Å². The molecule has 0 radical (unpaired) electrons. The number of hydrogen-bond acceptors (Lipinski definition) is 3. The number of hydrogen-bond donors (Lipinski definition) is 1. The summed E-state index contributed by atoms with van der Waals surface area (Å²) in [6.07, 6.45) is 3.42. The molecule has 0 bridgehead atoms. The maximum atomic E-state index is 11.9. The van der Waals surface area contributed by atoms with Gasteiger partial charge in [0.1, 0.15) is 0 Å². The Bertz CT molecular complexity index is 221. The molecule has 0 spiro atoms. The minimum absolute atomic E-state index is 0.207. The van der Waals surface area contributed by atoms with Gasteiger partial charge in [0.05, 0.1) is 5.75 Å². The van der Waals surface area contributed by atoms with E-state index < -0.39 is 0 Å². The van der Waals surface area contributed by atoms with E-state index in [1.165, 1.54) is 6.42 Å². The molecule has 0 aromatic rings. The van der Waals surface area contributed by atoms with Crippen molar-refractivity contribution in [1.29, 1.82) is 0 Å². The molecule has 1 amide bonds. The molecular weight excluding hydrogens is 220 g/mol. The van der Waals surface area contributed by atoms with Crippen LogP contribution in [0.3, 0.4) is 0 Å². The average molecular weight is 244 g/mol. The fraction of sp³-hybridized carbons (Fsp3) is 0.917. The van der Waals surface area contributed by atoms with Crippen molar-refractivity contribution >= 4 is 17.7 Å². The summed E-state index contributed by atoms with van der Waals surface area (Å²) < 4.78 is 0. The third kappa shape index (κ3) is 4.34. The molecule has 0 saturated carbocycles. The Balaban J connectivity index is 2.32. The highest BCUT2D eigenvalue weighted by molar-refractivity contribution is 7.99. The zero-order valence-corrected chi connectivity index (χ0v) is 11.3. The van der Waals surface area contributed by atoms with Crippen LogP contribution in [0.4, 0.5) is 0 Å². The molecule has 0 aromatic carbocycles. The highest BCUT2D eigenvalue weighted by atomic mass is 32.2. The first-order valence-electron chi connectivity index (χ1n) is 6.26. The minimum Gasteiger partial charge on any atom is -0.342 e. The lowest BCUT2D eigenvalue weighted by Crippen LogP contribution is -2.45. The van der Waals surface area contributed by atoms with Gasteiger partial charge < -0.3 is 10.6 Å². The summed E-state index contributed by atoms with van der Waals surface area (Å²) in [6, 6.07) is 0.207. The van der Waals surface area contributed by atoms with Gasteiger partial charge in [-0.05, 0) is 37.9 Å². The van der Waals surface area contributed by atoms with Crippen molar-refractivity contribution in [3.8, 4) is 0 Å². The number of rotatable bonds is 5. The predicted molar refractivity (Wildman–Crippen MR) is 70.6 cm³/mol. The Labute approximate surface area is 103 Å². The molecule has 1 fully saturated rings. The molecular formula is C12H24N2OS. The predicted octanol–water partition coefficient (Wildman–Crippen LogP) is 1.72. The van der Waals surface area contributed by atoms with Crippen LogP contribution in [0.5, 0.6) is 0 Å². The smallest absolute Gasteiger partial charge is 0.232 e. The summed E-state index contributed by atoms with van der Waals surface area (Å²) in [7, 11) is 0. The molecule has 16 heavy (non-hydrogen) atoms. The average Bonchev–Trinajstić information content (AvgIpc) is 2.29. The van der Waals surface area contributed by atoms with Crippen LogP contribution in [0.15, 0.2) is 0 Å². The van der Waals surface area contributed by atoms with Crippen molar-refractivity contribution in [2.24, 2.45) is 11.7 Å². The second kappa shape index (κ2) is 7.17. The molecule has 1 aliphatic rings. The van der Waals surface area contributed by atoms with Gasteiger partial charge in [0.2, 0.25) is 5.91 Å². The van der Waals surface area contributed by atoms with Gasteiger partial charge in [0.25, 0.3) is 0 Å². The molecule has 94 valence electrons. The number of carbonyl (C=O) groups excluding carboxylic acids is 1. The van der Waals surface area contributed by atoms with E-state index in [1.807, 2.05) is 11.8 Å². The number of nitrogens with two attached hydrogens (primary N) is 1. The first-order valence-corrected chi connectivity index (χ1v) is 7.41. The summed E-state index contributed by atoms with van der Waals surface area (Å²) in [4.78, 5) is 13.9. The van der Waals surface area contributed by atoms with E-state index in [0.717, 1.165) is 31.7 Å². The normalized spacial score (nSPS) is 23.2. The molecule has 1 heterocycles. The summed E-state index contributed by atoms with van der Waals surface area (Å²) in [6.45, 7) is 5.98. The number of piperidine rings is 1. The number of thioether (sulfide) groups is 1. The van der Waals surface area contributed by atoms with Gasteiger partial charge in [-0.25, -0.2) is 0 Å². The number of carbonyl (C=O) groups is 1. The minimum atomic E-state index is 0.207. The molecule has 3 nitrogen and oxygen atoms in total. The monoisotopic (exact) mass is 244 g/mol. The molecule has 1 saturated heterocycles. The summed E-state index contributed by atoms with van der Waals surface area (Å²) in [5, 5.41) is 0. The lowest BCUT2D eigenvalue weighted by molar-refractivity contribution is -0.130. The van der Waals surface area contributed by atoms with E-state index in [1.54, 1.807) is 11.8 Å². The summed E-state index contributed by atoms with van der Waals surface area (Å²) >= 11 is 1.74. The largest absolute Gasteiger partial charge is 0.342 e. The van der Waals surface area contributed by atoms with Gasteiger partial charge in [-0.2, -0.15) is 11.8 Å². The van der Waals surface area contributed by atoms with Crippen LogP contribution >= 0.6 is 11.8 Å². The Kier molecular flexibility index (Phi) is 6.21. The number of likely N-dealkylation sites (tertiary alicyclic amines) is 1. The number of amides is 1. The van der Waals surface area contributed by atoms with Gasteiger partial charge in [-0.3, -0.25) is 4.79 Å². The lowest BCUT2D eigenvalue weighted by Gasteiger charge is -2.34. The summed E-state index contributed by atoms with van der Waals surface area (Å²) in [5.74, 6) is 2.51. The van der Waals surface area contributed by atoms with E-state index >= 15 is 0 Å². The number of nitrogens with zero attached hydrogens (tertiary/aromatic N) is 1. The first kappa shape index (κ1) is 13.8. The fourth-order valence-corrected chi connectivity index (χ4v) is 2.85. The zero-order valence-electron chi connectivity index (χ0n) is 10.4. The van der Waals surface area contributed by atoms with Crippen molar-refractivity contribution in [1.82, 2.24) is 4.90 Å². The maximum absolute atomic E-state index is 11.9. The van der Waals surface area contributed by atoms with E-state index in [-0.39, 0.29) is 6.04 Å². The van der Waals surface area contributed by atoms with Crippen molar-refractivity contribution in [3.05, 3.63) is 0 Å². The van der Waals surface area contributed by atoms with Crippen molar-refractivity contribution in [2.45, 2.75) is 39.2 Å². The molecule has 2 atom stereocenters. The molecule has 4 heteroatoms. The van der Waals surface area contributed by atoms with Crippen LogP contribution in [-0.2, 0) is 4.79 Å².